The van der Waals surface area contributed by atoms with Crippen LogP contribution in [0.25, 0.3) is 0 Å². The van der Waals surface area contributed by atoms with E-state index in [-0.39, 0.29) is 0 Å². The van der Waals surface area contributed by atoms with Gasteiger partial charge in [0.1, 0.15) is 0 Å². The van der Waals surface area contributed by atoms with Crippen LogP contribution in [0.1, 0.15) is 33.1 Å². The lowest BCUT2D eigenvalue weighted by Gasteiger charge is -2.40. The quantitative estimate of drug-likeness (QED) is 0.792. The van der Waals surface area contributed by atoms with Crippen molar-refractivity contribution in [3.8, 4) is 0 Å². The predicted octanol–water partition coefficient (Wildman–Crippen LogP) is 0.318. The molecular weight excluding hydrogens is 288 g/mol. The smallest absolute Gasteiger partial charge is 0.282 e. The molecule has 0 aromatic rings. The molecule has 2 fully saturated rings. The van der Waals surface area contributed by atoms with E-state index >= 15 is 0 Å². The predicted molar refractivity (Wildman–Crippen MR) is 85.2 cm³/mol. The van der Waals surface area contributed by atoms with Crippen LogP contribution in [0.3, 0.4) is 0 Å². The number of rotatable bonds is 5. The second-order valence-electron chi connectivity index (χ2n) is 6.28. The maximum Gasteiger partial charge on any atom is 0.282 e. The van der Waals surface area contributed by atoms with Crippen molar-refractivity contribution < 1.29 is 8.42 Å². The minimum Gasteiger partial charge on any atom is -0.330 e. The van der Waals surface area contributed by atoms with Crippen molar-refractivity contribution in [1.29, 1.82) is 0 Å². The molecule has 0 aliphatic carbocycles. The minimum atomic E-state index is -3.27. The molecule has 2 heterocycles. The monoisotopic (exact) mass is 318 g/mol. The molecule has 124 valence electrons. The standard InChI is InChI=1S/C14H30N4O2S/c1-3-13(2)16-8-10-18(11-9-16)21(19,20)17-6-4-14(12-15)5-7-17/h13-14H,3-12,15H2,1-2H3. The van der Waals surface area contributed by atoms with E-state index in [1.54, 1.807) is 8.61 Å². The van der Waals surface area contributed by atoms with E-state index in [4.69, 9.17) is 5.73 Å². The van der Waals surface area contributed by atoms with Crippen LogP contribution in [0.2, 0.25) is 0 Å². The molecule has 0 aromatic carbocycles. The molecule has 1 atom stereocenters. The zero-order valence-corrected chi connectivity index (χ0v) is 14.2. The lowest BCUT2D eigenvalue weighted by atomic mass is 9.99. The summed E-state index contributed by atoms with van der Waals surface area (Å²) in [5, 5.41) is 0. The van der Waals surface area contributed by atoms with E-state index in [2.05, 4.69) is 18.7 Å². The van der Waals surface area contributed by atoms with Crippen molar-refractivity contribution in [2.75, 3.05) is 45.8 Å². The van der Waals surface area contributed by atoms with Gasteiger partial charge in [0.25, 0.3) is 10.2 Å². The Morgan fingerprint density at radius 3 is 2.05 bits per heavy atom. The van der Waals surface area contributed by atoms with E-state index in [9.17, 15) is 8.42 Å². The lowest BCUT2D eigenvalue weighted by molar-refractivity contribution is 0.136. The summed E-state index contributed by atoms with van der Waals surface area (Å²) >= 11 is 0. The lowest BCUT2D eigenvalue weighted by Crippen LogP contribution is -2.55. The number of hydrogen-bond donors (Lipinski definition) is 1. The molecule has 0 aromatic heterocycles. The van der Waals surface area contributed by atoms with Crippen LogP contribution in [0, 0.1) is 5.92 Å². The van der Waals surface area contributed by atoms with Gasteiger partial charge in [0.2, 0.25) is 0 Å². The van der Waals surface area contributed by atoms with Gasteiger partial charge in [-0.2, -0.15) is 17.0 Å². The van der Waals surface area contributed by atoms with Crippen molar-refractivity contribution in [2.45, 2.75) is 39.2 Å². The van der Waals surface area contributed by atoms with Gasteiger partial charge in [-0.05, 0) is 38.6 Å². The Morgan fingerprint density at radius 1 is 1.05 bits per heavy atom. The second kappa shape index (κ2) is 7.37. The molecule has 6 nitrogen and oxygen atoms in total. The van der Waals surface area contributed by atoms with E-state index in [0.717, 1.165) is 32.4 Å². The molecule has 1 unspecified atom stereocenters. The summed E-state index contributed by atoms with van der Waals surface area (Å²) < 4.78 is 28.7. The van der Waals surface area contributed by atoms with Gasteiger partial charge in [0, 0.05) is 45.3 Å². The number of nitrogens with two attached hydrogens (primary N) is 1. The molecular formula is C14H30N4O2S. The maximum absolute atomic E-state index is 12.7. The van der Waals surface area contributed by atoms with Crippen LogP contribution < -0.4 is 5.73 Å². The van der Waals surface area contributed by atoms with Crippen molar-refractivity contribution in [1.82, 2.24) is 13.5 Å². The zero-order chi connectivity index (χ0) is 15.5. The highest BCUT2D eigenvalue weighted by Gasteiger charge is 2.34. The van der Waals surface area contributed by atoms with Crippen LogP contribution in [-0.2, 0) is 10.2 Å². The van der Waals surface area contributed by atoms with Gasteiger partial charge in [0.15, 0.2) is 0 Å². The highest BCUT2D eigenvalue weighted by molar-refractivity contribution is 7.86. The van der Waals surface area contributed by atoms with E-state index in [0.29, 0.717) is 44.7 Å². The van der Waals surface area contributed by atoms with Crippen LogP contribution in [0.15, 0.2) is 0 Å². The number of hydrogen-bond acceptors (Lipinski definition) is 4. The first kappa shape index (κ1) is 17.1. The summed E-state index contributed by atoms with van der Waals surface area (Å²) in [6, 6.07) is 0.537. The summed E-state index contributed by atoms with van der Waals surface area (Å²) in [5.41, 5.74) is 5.67. The van der Waals surface area contributed by atoms with Crippen molar-refractivity contribution in [3.63, 3.8) is 0 Å². The molecule has 2 aliphatic rings. The van der Waals surface area contributed by atoms with Crippen LogP contribution in [0.5, 0.6) is 0 Å². The third-order valence-electron chi connectivity index (χ3n) is 5.05. The van der Waals surface area contributed by atoms with Gasteiger partial charge in [-0.25, -0.2) is 0 Å². The van der Waals surface area contributed by atoms with Gasteiger partial charge >= 0.3 is 0 Å². The number of piperidine rings is 1. The van der Waals surface area contributed by atoms with Crippen LogP contribution >= 0.6 is 0 Å². The highest BCUT2D eigenvalue weighted by Crippen LogP contribution is 2.21. The Labute approximate surface area is 129 Å². The molecule has 0 amide bonds. The molecule has 2 N–H and O–H groups in total. The Morgan fingerprint density at radius 2 is 1.57 bits per heavy atom. The van der Waals surface area contributed by atoms with Gasteiger partial charge < -0.3 is 5.73 Å². The Hall–Kier alpha value is -0.210. The first-order chi connectivity index (χ1) is 9.98. The summed E-state index contributed by atoms with van der Waals surface area (Å²) in [5.74, 6) is 0.485. The van der Waals surface area contributed by atoms with Crippen molar-refractivity contribution >= 4 is 10.2 Å². The van der Waals surface area contributed by atoms with E-state index < -0.39 is 10.2 Å². The first-order valence-corrected chi connectivity index (χ1v) is 9.58. The van der Waals surface area contributed by atoms with Crippen LogP contribution in [-0.4, -0.2) is 73.8 Å². The molecule has 21 heavy (non-hydrogen) atoms. The highest BCUT2D eigenvalue weighted by atomic mass is 32.2. The SMILES string of the molecule is CCC(C)N1CCN(S(=O)(=O)N2CCC(CN)CC2)CC1. The van der Waals surface area contributed by atoms with Crippen LogP contribution in [0.4, 0.5) is 0 Å². The fourth-order valence-corrected chi connectivity index (χ4v) is 4.80. The number of nitrogens with zero attached hydrogens (tertiary/aromatic N) is 3. The Kier molecular flexibility index (Phi) is 6.02. The molecule has 7 heteroatoms. The van der Waals surface area contributed by atoms with E-state index in [1.807, 2.05) is 0 Å². The van der Waals surface area contributed by atoms with Gasteiger partial charge in [-0.1, -0.05) is 6.92 Å². The molecule has 0 saturated carbocycles. The average molecular weight is 318 g/mol. The third-order valence-corrected chi connectivity index (χ3v) is 7.08. The van der Waals surface area contributed by atoms with Gasteiger partial charge in [-0.15, -0.1) is 0 Å². The normalized spacial score (nSPS) is 26.0. The Balaban J connectivity index is 1.90. The molecule has 0 radical (unpaired) electrons. The summed E-state index contributed by atoms with van der Waals surface area (Å²) in [6.07, 6.45) is 2.89. The molecule has 0 spiro atoms. The largest absolute Gasteiger partial charge is 0.330 e. The first-order valence-electron chi connectivity index (χ1n) is 8.18. The molecule has 2 rings (SSSR count). The number of piperazine rings is 1. The topological polar surface area (TPSA) is 69.9 Å². The minimum absolute atomic E-state index is 0.485. The van der Waals surface area contributed by atoms with E-state index in [1.165, 1.54) is 0 Å². The summed E-state index contributed by atoms with van der Waals surface area (Å²) in [6.45, 7) is 9.21. The fraction of sp³-hybridized carbons (Fsp3) is 1.00. The second-order valence-corrected chi connectivity index (χ2v) is 8.21. The molecule has 0 bridgehead atoms. The summed E-state index contributed by atoms with van der Waals surface area (Å²) in [4.78, 5) is 2.38. The van der Waals surface area contributed by atoms with Gasteiger partial charge in [0.05, 0.1) is 0 Å². The molecule has 2 aliphatic heterocycles. The fourth-order valence-electron chi connectivity index (χ4n) is 3.17. The van der Waals surface area contributed by atoms with Crippen molar-refractivity contribution in [3.05, 3.63) is 0 Å². The average Bonchev–Trinajstić information content (AvgIpc) is 2.54. The third kappa shape index (κ3) is 3.96. The Bertz CT molecular complexity index is 413. The summed E-state index contributed by atoms with van der Waals surface area (Å²) in [7, 11) is -3.27. The maximum atomic E-state index is 12.7. The van der Waals surface area contributed by atoms with Crippen molar-refractivity contribution in [2.24, 2.45) is 11.7 Å². The van der Waals surface area contributed by atoms with Gasteiger partial charge in [-0.3, -0.25) is 4.90 Å². The molecule has 2 saturated heterocycles. The zero-order valence-electron chi connectivity index (χ0n) is 13.4.